The normalized spacial score (nSPS) is 23.1. The third-order valence-corrected chi connectivity index (χ3v) is 7.14. The molecule has 3 fully saturated rings. The van der Waals surface area contributed by atoms with E-state index >= 15 is 0 Å². The maximum atomic E-state index is 5.40. The van der Waals surface area contributed by atoms with Gasteiger partial charge in [-0.15, -0.1) is 0 Å². The van der Waals surface area contributed by atoms with Crippen LogP contribution < -0.4 is 10.2 Å². The largest absolute Gasteiger partial charge is 0.378 e. The van der Waals surface area contributed by atoms with Gasteiger partial charge in [-0.25, -0.2) is 9.97 Å². The van der Waals surface area contributed by atoms with Crippen molar-refractivity contribution in [2.24, 2.45) is 4.99 Å². The molecule has 5 heterocycles. The summed E-state index contributed by atoms with van der Waals surface area (Å²) in [5.41, 5.74) is 2.43. The summed E-state index contributed by atoms with van der Waals surface area (Å²) in [6, 6.07) is 9.72. The molecule has 0 radical (unpaired) electrons. The molecule has 1 N–H and O–H groups in total. The van der Waals surface area contributed by atoms with E-state index < -0.39 is 0 Å². The fraction of sp³-hybridized carbons (Fsp3) is 0.560. The van der Waals surface area contributed by atoms with Crippen molar-refractivity contribution in [3.05, 3.63) is 41.6 Å². The van der Waals surface area contributed by atoms with E-state index in [0.29, 0.717) is 18.0 Å². The van der Waals surface area contributed by atoms with E-state index in [9.17, 15) is 0 Å². The second kappa shape index (κ2) is 9.55. The summed E-state index contributed by atoms with van der Waals surface area (Å²) in [6.45, 7) is 7.50. The first-order chi connectivity index (χ1) is 15.7. The van der Waals surface area contributed by atoms with Crippen molar-refractivity contribution >= 4 is 23.7 Å². The first kappa shape index (κ1) is 21.3. The van der Waals surface area contributed by atoms with E-state index in [1.807, 2.05) is 24.5 Å². The number of hydrogen-bond acceptors (Lipinski definition) is 7. The third kappa shape index (κ3) is 4.64. The SMILES string of the molecule is CN=Cc1ccnc(Nc2cc(C3CCN(C4COC4)CC3)cc(N3CCC[C@H]3C)n2)c1. The molecule has 0 amide bonds. The van der Waals surface area contributed by atoms with Gasteiger partial charge < -0.3 is 15.0 Å². The van der Waals surface area contributed by atoms with Crippen LogP contribution in [0.2, 0.25) is 0 Å². The van der Waals surface area contributed by atoms with Crippen LogP contribution in [0, 0.1) is 0 Å². The maximum Gasteiger partial charge on any atom is 0.134 e. The van der Waals surface area contributed by atoms with Crippen LogP contribution in [-0.4, -0.2) is 73.1 Å². The van der Waals surface area contributed by atoms with Gasteiger partial charge in [0.05, 0.1) is 19.3 Å². The molecule has 170 valence electrons. The molecule has 32 heavy (non-hydrogen) atoms. The molecule has 0 aromatic carbocycles. The smallest absolute Gasteiger partial charge is 0.134 e. The second-order valence-electron chi connectivity index (χ2n) is 9.32. The average molecular weight is 435 g/mol. The number of piperidine rings is 1. The number of rotatable bonds is 6. The van der Waals surface area contributed by atoms with E-state index in [4.69, 9.17) is 9.72 Å². The molecule has 0 aliphatic carbocycles. The van der Waals surface area contributed by atoms with Gasteiger partial charge in [0.2, 0.25) is 0 Å². The quantitative estimate of drug-likeness (QED) is 0.697. The Balaban J connectivity index is 1.39. The van der Waals surface area contributed by atoms with Crippen molar-refractivity contribution in [3.63, 3.8) is 0 Å². The Hall–Kier alpha value is -2.51. The van der Waals surface area contributed by atoms with Crippen molar-refractivity contribution in [2.45, 2.75) is 50.6 Å². The molecule has 0 saturated carbocycles. The van der Waals surface area contributed by atoms with Crippen molar-refractivity contribution in [3.8, 4) is 0 Å². The zero-order valence-corrected chi connectivity index (χ0v) is 19.2. The van der Waals surface area contributed by atoms with Crippen LogP contribution in [0.25, 0.3) is 0 Å². The highest BCUT2D eigenvalue weighted by Gasteiger charge is 2.31. The van der Waals surface area contributed by atoms with E-state index in [-0.39, 0.29) is 0 Å². The molecule has 2 aromatic rings. The molecule has 3 saturated heterocycles. The number of aromatic nitrogens is 2. The van der Waals surface area contributed by atoms with Crippen molar-refractivity contribution in [1.82, 2.24) is 14.9 Å². The van der Waals surface area contributed by atoms with Crippen LogP contribution in [0.1, 0.15) is 49.7 Å². The highest BCUT2D eigenvalue weighted by atomic mass is 16.5. The lowest BCUT2D eigenvalue weighted by molar-refractivity contribution is -0.0712. The molecule has 0 spiro atoms. The Labute approximate surface area is 190 Å². The number of likely N-dealkylation sites (tertiary alicyclic amines) is 1. The molecule has 5 rings (SSSR count). The number of ether oxygens (including phenoxy) is 1. The molecule has 0 unspecified atom stereocenters. The Morgan fingerprint density at radius 1 is 1.09 bits per heavy atom. The van der Waals surface area contributed by atoms with Crippen LogP contribution >= 0.6 is 0 Å². The fourth-order valence-electron chi connectivity index (χ4n) is 5.16. The first-order valence-corrected chi connectivity index (χ1v) is 12.0. The van der Waals surface area contributed by atoms with Gasteiger partial charge in [-0.2, -0.15) is 0 Å². The summed E-state index contributed by atoms with van der Waals surface area (Å²) in [5.74, 6) is 3.34. The Morgan fingerprint density at radius 2 is 1.94 bits per heavy atom. The minimum atomic E-state index is 0.535. The van der Waals surface area contributed by atoms with Gasteiger partial charge in [-0.05, 0) is 87.0 Å². The van der Waals surface area contributed by atoms with Crippen molar-refractivity contribution in [2.75, 3.05) is 50.1 Å². The van der Waals surface area contributed by atoms with Crippen molar-refractivity contribution in [1.29, 1.82) is 0 Å². The standard InChI is InChI=1S/C25H34N6O/c1-18-4-3-9-31(18)25-14-21(20-6-10-30(11-7-20)22-16-32-17-22)13-24(29-25)28-23-12-19(15-26-2)5-8-27-23/h5,8,12-15,18,20,22H,3-4,6-7,9-11,16-17H2,1-2H3,(H,27,28,29)/t18-/m1/s1. The monoisotopic (exact) mass is 434 g/mol. The maximum absolute atomic E-state index is 5.40. The van der Waals surface area contributed by atoms with Gasteiger partial charge in [0, 0.05) is 32.0 Å². The van der Waals surface area contributed by atoms with Gasteiger partial charge in [0.1, 0.15) is 17.5 Å². The summed E-state index contributed by atoms with van der Waals surface area (Å²) in [6.07, 6.45) is 8.50. The van der Waals surface area contributed by atoms with Crippen LogP contribution in [0.15, 0.2) is 35.5 Å². The fourth-order valence-corrected chi connectivity index (χ4v) is 5.16. The van der Waals surface area contributed by atoms with Gasteiger partial charge in [-0.1, -0.05) is 0 Å². The molecule has 0 bridgehead atoms. The van der Waals surface area contributed by atoms with E-state index in [0.717, 1.165) is 55.9 Å². The predicted molar refractivity (Wildman–Crippen MR) is 129 cm³/mol. The molecule has 3 aliphatic rings. The zero-order valence-electron chi connectivity index (χ0n) is 19.2. The molecule has 7 heteroatoms. The minimum absolute atomic E-state index is 0.535. The number of nitrogens with zero attached hydrogens (tertiary/aromatic N) is 5. The van der Waals surface area contributed by atoms with Gasteiger partial charge >= 0.3 is 0 Å². The van der Waals surface area contributed by atoms with Gasteiger partial charge in [0.25, 0.3) is 0 Å². The average Bonchev–Trinajstić information content (AvgIpc) is 3.19. The Morgan fingerprint density at radius 3 is 2.62 bits per heavy atom. The third-order valence-electron chi connectivity index (χ3n) is 7.14. The second-order valence-corrected chi connectivity index (χ2v) is 9.32. The number of nitrogens with one attached hydrogen (secondary N) is 1. The number of pyridine rings is 2. The molecular formula is C25H34N6O. The van der Waals surface area contributed by atoms with E-state index in [1.54, 1.807) is 7.05 Å². The molecular weight excluding hydrogens is 400 g/mol. The first-order valence-electron chi connectivity index (χ1n) is 12.0. The lowest BCUT2D eigenvalue weighted by Gasteiger charge is -2.41. The molecule has 3 aliphatic heterocycles. The van der Waals surface area contributed by atoms with Crippen LogP contribution in [-0.2, 0) is 4.74 Å². The summed E-state index contributed by atoms with van der Waals surface area (Å²) in [4.78, 5) is 18.7. The van der Waals surface area contributed by atoms with Crippen LogP contribution in [0.4, 0.5) is 17.5 Å². The predicted octanol–water partition coefficient (Wildman–Crippen LogP) is 3.84. The number of hydrogen-bond donors (Lipinski definition) is 1. The number of aliphatic imine (C=N–C) groups is 1. The summed E-state index contributed by atoms with van der Waals surface area (Å²) in [7, 11) is 1.78. The van der Waals surface area contributed by atoms with Crippen LogP contribution in [0.3, 0.4) is 0 Å². The topological polar surface area (TPSA) is 65.9 Å². The highest BCUT2D eigenvalue weighted by Crippen LogP contribution is 2.35. The van der Waals surface area contributed by atoms with Gasteiger partial charge in [-0.3, -0.25) is 9.89 Å². The summed E-state index contributed by atoms with van der Waals surface area (Å²) >= 11 is 0. The van der Waals surface area contributed by atoms with Crippen molar-refractivity contribution < 1.29 is 4.74 Å². The number of anilines is 3. The van der Waals surface area contributed by atoms with E-state index in [1.165, 1.54) is 31.2 Å². The van der Waals surface area contributed by atoms with Gasteiger partial charge in [0.15, 0.2) is 0 Å². The van der Waals surface area contributed by atoms with E-state index in [2.05, 4.69) is 44.1 Å². The molecule has 1 atom stereocenters. The Bertz CT molecular complexity index is 951. The lowest BCUT2D eigenvalue weighted by atomic mass is 9.89. The molecule has 2 aromatic heterocycles. The summed E-state index contributed by atoms with van der Waals surface area (Å²) < 4.78 is 5.40. The minimum Gasteiger partial charge on any atom is -0.378 e. The highest BCUT2D eigenvalue weighted by molar-refractivity contribution is 5.80. The zero-order chi connectivity index (χ0) is 21.9. The Kier molecular flexibility index (Phi) is 6.37. The van der Waals surface area contributed by atoms with Crippen LogP contribution in [0.5, 0.6) is 0 Å². The lowest BCUT2D eigenvalue weighted by Crippen LogP contribution is -2.51. The summed E-state index contributed by atoms with van der Waals surface area (Å²) in [5, 5.41) is 3.47. The molecule has 7 nitrogen and oxygen atoms in total.